The fourth-order valence-corrected chi connectivity index (χ4v) is 1.70. The summed E-state index contributed by atoms with van der Waals surface area (Å²) in [6.45, 7) is 3.23. The Labute approximate surface area is 113 Å². The van der Waals surface area contributed by atoms with Gasteiger partial charge >= 0.3 is 0 Å². The normalized spacial score (nSPS) is 10.8. The fourth-order valence-electron chi connectivity index (χ4n) is 1.46. The van der Waals surface area contributed by atoms with Gasteiger partial charge in [-0.05, 0) is 41.1 Å². The van der Waals surface area contributed by atoms with Crippen LogP contribution in [0.2, 0.25) is 0 Å². The zero-order chi connectivity index (χ0) is 13.0. The molecule has 0 amide bonds. The number of rotatable bonds is 5. The standard InChI is InChI=1S/C12H14BrN3O2/c1-2-17-6-5-11-15-12(18-16-11)8-3-4-9(13)10(14)7-8/h3-4,7H,2,5-6,14H2,1H3. The number of benzene rings is 1. The number of nitrogens with zero attached hydrogens (tertiary/aromatic N) is 2. The molecule has 0 aliphatic rings. The first kappa shape index (κ1) is 13.0. The van der Waals surface area contributed by atoms with Crippen molar-refractivity contribution in [3.05, 3.63) is 28.5 Å². The van der Waals surface area contributed by atoms with Crippen molar-refractivity contribution in [2.24, 2.45) is 0 Å². The third kappa shape index (κ3) is 3.08. The molecule has 0 saturated carbocycles. The second-order valence-corrected chi connectivity index (χ2v) is 4.55. The molecule has 0 atom stereocenters. The molecule has 0 radical (unpaired) electrons. The fraction of sp³-hybridized carbons (Fsp3) is 0.333. The van der Waals surface area contributed by atoms with E-state index < -0.39 is 0 Å². The molecule has 2 aromatic rings. The van der Waals surface area contributed by atoms with Crippen LogP contribution in [-0.4, -0.2) is 23.4 Å². The van der Waals surface area contributed by atoms with Crippen LogP contribution in [0.25, 0.3) is 11.5 Å². The highest BCUT2D eigenvalue weighted by atomic mass is 79.9. The molecule has 5 nitrogen and oxygen atoms in total. The number of nitrogen functional groups attached to an aromatic ring is 1. The van der Waals surface area contributed by atoms with E-state index in [-0.39, 0.29) is 0 Å². The lowest BCUT2D eigenvalue weighted by Crippen LogP contribution is -1.99. The summed E-state index contributed by atoms with van der Waals surface area (Å²) in [5.74, 6) is 1.11. The molecule has 2 N–H and O–H groups in total. The summed E-state index contributed by atoms with van der Waals surface area (Å²) < 4.78 is 11.3. The Morgan fingerprint density at radius 2 is 2.28 bits per heavy atom. The van der Waals surface area contributed by atoms with E-state index in [1.807, 2.05) is 19.1 Å². The van der Waals surface area contributed by atoms with Gasteiger partial charge in [0.05, 0.1) is 6.61 Å². The van der Waals surface area contributed by atoms with Crippen LogP contribution in [0.4, 0.5) is 5.69 Å². The topological polar surface area (TPSA) is 74.2 Å². The third-order valence-corrected chi connectivity index (χ3v) is 3.11. The summed E-state index contributed by atoms with van der Waals surface area (Å²) in [4.78, 5) is 4.29. The summed E-state index contributed by atoms with van der Waals surface area (Å²) >= 11 is 3.34. The summed E-state index contributed by atoms with van der Waals surface area (Å²) in [5.41, 5.74) is 7.26. The van der Waals surface area contributed by atoms with E-state index >= 15 is 0 Å². The van der Waals surface area contributed by atoms with Crippen LogP contribution in [0.1, 0.15) is 12.7 Å². The van der Waals surface area contributed by atoms with Gasteiger partial charge in [-0.1, -0.05) is 5.16 Å². The quantitative estimate of drug-likeness (QED) is 0.678. The van der Waals surface area contributed by atoms with Crippen LogP contribution in [0, 0.1) is 0 Å². The molecule has 0 aliphatic carbocycles. The molecule has 0 fully saturated rings. The Hall–Kier alpha value is -1.40. The van der Waals surface area contributed by atoms with Crippen molar-refractivity contribution in [1.82, 2.24) is 10.1 Å². The summed E-state index contributed by atoms with van der Waals surface area (Å²) in [6, 6.07) is 5.53. The Bertz CT molecular complexity index is 528. The smallest absolute Gasteiger partial charge is 0.257 e. The SMILES string of the molecule is CCOCCc1noc(-c2ccc(Br)c(N)c2)n1. The highest BCUT2D eigenvalue weighted by Crippen LogP contribution is 2.25. The van der Waals surface area contributed by atoms with Gasteiger partial charge in [0.1, 0.15) is 0 Å². The molecule has 96 valence electrons. The molecule has 0 bridgehead atoms. The Morgan fingerprint density at radius 1 is 1.44 bits per heavy atom. The van der Waals surface area contributed by atoms with E-state index in [2.05, 4.69) is 26.1 Å². The molecule has 0 aliphatic heterocycles. The van der Waals surface area contributed by atoms with Gasteiger partial charge in [-0.25, -0.2) is 0 Å². The lowest BCUT2D eigenvalue weighted by molar-refractivity contribution is 0.149. The summed E-state index contributed by atoms with van der Waals surface area (Å²) in [5, 5.41) is 3.90. The first-order valence-corrected chi connectivity index (χ1v) is 6.45. The predicted octanol–water partition coefficient (Wildman–Crippen LogP) is 2.66. The predicted molar refractivity (Wildman–Crippen MR) is 72.0 cm³/mol. The van der Waals surface area contributed by atoms with Crippen molar-refractivity contribution in [2.45, 2.75) is 13.3 Å². The molecule has 0 spiro atoms. The monoisotopic (exact) mass is 311 g/mol. The number of aromatic nitrogens is 2. The highest BCUT2D eigenvalue weighted by molar-refractivity contribution is 9.10. The Balaban J connectivity index is 2.11. The van der Waals surface area contributed by atoms with E-state index in [9.17, 15) is 0 Å². The lowest BCUT2D eigenvalue weighted by atomic mass is 10.2. The molecule has 6 heteroatoms. The van der Waals surface area contributed by atoms with Gasteiger partial charge in [0.25, 0.3) is 5.89 Å². The van der Waals surface area contributed by atoms with Crippen LogP contribution < -0.4 is 5.73 Å². The van der Waals surface area contributed by atoms with E-state index in [4.69, 9.17) is 15.0 Å². The van der Waals surface area contributed by atoms with Crippen LogP contribution >= 0.6 is 15.9 Å². The van der Waals surface area contributed by atoms with Crippen LogP contribution in [-0.2, 0) is 11.2 Å². The first-order valence-electron chi connectivity index (χ1n) is 5.66. The van der Waals surface area contributed by atoms with Gasteiger partial charge < -0.3 is 15.0 Å². The second kappa shape index (κ2) is 5.97. The van der Waals surface area contributed by atoms with E-state index in [0.717, 1.165) is 10.0 Å². The molecule has 2 rings (SSSR count). The lowest BCUT2D eigenvalue weighted by Gasteiger charge is -1.99. The number of nitrogens with two attached hydrogens (primary N) is 1. The highest BCUT2D eigenvalue weighted by Gasteiger charge is 2.09. The van der Waals surface area contributed by atoms with Crippen LogP contribution in [0.3, 0.4) is 0 Å². The van der Waals surface area contributed by atoms with Crippen molar-refractivity contribution in [2.75, 3.05) is 18.9 Å². The zero-order valence-corrected chi connectivity index (χ0v) is 11.6. The van der Waals surface area contributed by atoms with Crippen molar-refractivity contribution >= 4 is 21.6 Å². The van der Waals surface area contributed by atoms with Gasteiger partial charge in [-0.2, -0.15) is 4.98 Å². The molecule has 1 heterocycles. The molecular formula is C12H14BrN3O2. The van der Waals surface area contributed by atoms with E-state index in [0.29, 0.717) is 37.0 Å². The van der Waals surface area contributed by atoms with Crippen molar-refractivity contribution in [1.29, 1.82) is 0 Å². The zero-order valence-electron chi connectivity index (χ0n) is 10.0. The minimum Gasteiger partial charge on any atom is -0.398 e. The molecule has 1 aromatic heterocycles. The largest absolute Gasteiger partial charge is 0.398 e. The molecule has 18 heavy (non-hydrogen) atoms. The number of hydrogen-bond acceptors (Lipinski definition) is 5. The summed E-state index contributed by atoms with van der Waals surface area (Å²) in [7, 11) is 0. The average molecular weight is 312 g/mol. The Morgan fingerprint density at radius 3 is 3.00 bits per heavy atom. The van der Waals surface area contributed by atoms with E-state index in [1.54, 1.807) is 6.07 Å². The third-order valence-electron chi connectivity index (χ3n) is 2.39. The number of hydrogen-bond donors (Lipinski definition) is 1. The number of ether oxygens (including phenoxy) is 1. The summed E-state index contributed by atoms with van der Waals surface area (Å²) in [6.07, 6.45) is 0.642. The van der Waals surface area contributed by atoms with Gasteiger partial charge in [0.2, 0.25) is 0 Å². The number of halogens is 1. The maximum absolute atomic E-state index is 5.81. The van der Waals surface area contributed by atoms with Crippen LogP contribution in [0.15, 0.2) is 27.2 Å². The van der Waals surface area contributed by atoms with Crippen molar-refractivity contribution in [3.63, 3.8) is 0 Å². The minimum atomic E-state index is 0.473. The Kier molecular flexibility index (Phi) is 4.33. The van der Waals surface area contributed by atoms with Gasteiger partial charge in [0, 0.05) is 28.8 Å². The molecule has 1 aromatic carbocycles. The molecule has 0 saturated heterocycles. The minimum absolute atomic E-state index is 0.473. The molecular weight excluding hydrogens is 298 g/mol. The number of anilines is 1. The van der Waals surface area contributed by atoms with Gasteiger partial charge in [-0.15, -0.1) is 0 Å². The average Bonchev–Trinajstić information content (AvgIpc) is 2.82. The van der Waals surface area contributed by atoms with Crippen molar-refractivity contribution in [3.8, 4) is 11.5 Å². The van der Waals surface area contributed by atoms with Crippen molar-refractivity contribution < 1.29 is 9.26 Å². The molecule has 0 unspecified atom stereocenters. The maximum atomic E-state index is 5.81. The van der Waals surface area contributed by atoms with Gasteiger partial charge in [-0.3, -0.25) is 0 Å². The van der Waals surface area contributed by atoms with Gasteiger partial charge in [0.15, 0.2) is 5.82 Å². The maximum Gasteiger partial charge on any atom is 0.257 e. The van der Waals surface area contributed by atoms with Crippen LogP contribution in [0.5, 0.6) is 0 Å². The second-order valence-electron chi connectivity index (χ2n) is 3.70. The first-order chi connectivity index (χ1) is 8.70. The van der Waals surface area contributed by atoms with E-state index in [1.165, 1.54) is 0 Å².